The van der Waals surface area contributed by atoms with Gasteiger partial charge < -0.3 is 5.11 Å². The molecule has 8 heteroatoms. The van der Waals surface area contributed by atoms with Crippen molar-refractivity contribution in [3.05, 3.63) is 33.3 Å². The maximum atomic E-state index is 9.49. The number of unbranched alkanes of at least 4 members (excludes halogenated alkanes) is 1. The molecule has 1 aromatic carbocycles. The van der Waals surface area contributed by atoms with E-state index in [1.807, 2.05) is 18.0 Å². The van der Waals surface area contributed by atoms with Crippen LogP contribution < -0.4 is 0 Å². The van der Waals surface area contributed by atoms with Gasteiger partial charge in [0.2, 0.25) is 0 Å². The first kappa shape index (κ1) is 19.9. The van der Waals surface area contributed by atoms with Crippen molar-refractivity contribution < 1.29 is 5.11 Å². The first-order valence-corrected chi connectivity index (χ1v) is 10.3. The van der Waals surface area contributed by atoms with E-state index in [9.17, 15) is 5.11 Å². The molecule has 0 fully saturated rings. The molecule has 0 radical (unpaired) electrons. The molecule has 4 nitrogen and oxygen atoms in total. The maximum Gasteiger partial charge on any atom is 0.135 e. The van der Waals surface area contributed by atoms with Crippen LogP contribution in [0.25, 0.3) is 0 Å². The fraction of sp³-hybridized carbons (Fsp3) is 0.500. The zero-order valence-corrected chi connectivity index (χ0v) is 16.9. The molecule has 0 amide bonds. The average Bonchev–Trinajstić information content (AvgIpc) is 3.01. The number of hydrogen-bond donors (Lipinski definition) is 1. The van der Waals surface area contributed by atoms with Crippen molar-refractivity contribution in [1.82, 2.24) is 3.71 Å². The number of phenols is 1. The molecule has 0 aromatic heterocycles. The Kier molecular flexibility index (Phi) is 8.23. The van der Waals surface area contributed by atoms with Crippen LogP contribution in [-0.4, -0.2) is 20.6 Å². The lowest BCUT2D eigenvalue weighted by atomic mass is 10.2. The minimum atomic E-state index is -0.0599. The monoisotopic (exact) mass is 405 g/mol. The van der Waals surface area contributed by atoms with Crippen LogP contribution in [0.15, 0.2) is 33.5 Å². The van der Waals surface area contributed by atoms with E-state index in [1.54, 1.807) is 11.9 Å². The van der Waals surface area contributed by atoms with Gasteiger partial charge in [0, 0.05) is 17.9 Å². The van der Waals surface area contributed by atoms with Gasteiger partial charge in [-0.1, -0.05) is 61.8 Å². The molecule has 2 rings (SSSR count). The fourth-order valence-electron chi connectivity index (χ4n) is 2.09. The van der Waals surface area contributed by atoms with Crippen molar-refractivity contribution in [2.75, 3.05) is 6.54 Å². The second-order valence-electron chi connectivity index (χ2n) is 5.38. The van der Waals surface area contributed by atoms with Gasteiger partial charge in [0.15, 0.2) is 0 Å². The van der Waals surface area contributed by atoms with E-state index in [4.69, 9.17) is 23.2 Å². The van der Waals surface area contributed by atoms with Gasteiger partial charge in [0.25, 0.3) is 0 Å². The van der Waals surface area contributed by atoms with Crippen molar-refractivity contribution in [3.63, 3.8) is 0 Å². The van der Waals surface area contributed by atoms with E-state index >= 15 is 0 Å². The summed E-state index contributed by atoms with van der Waals surface area (Å²) in [4.78, 5) is 0. The van der Waals surface area contributed by atoms with Crippen LogP contribution in [0.3, 0.4) is 0 Å². The zero-order valence-electron chi connectivity index (χ0n) is 13.7. The number of phenolic OH excluding ortho intramolecular Hbond substituents is 1. The molecule has 1 aromatic rings. The van der Waals surface area contributed by atoms with Crippen LogP contribution in [0.4, 0.5) is 5.69 Å². The van der Waals surface area contributed by atoms with E-state index in [1.165, 1.54) is 37.8 Å². The summed E-state index contributed by atoms with van der Waals surface area (Å²) in [6, 6.07) is 2.88. The molecule has 1 N–H and O–H groups in total. The number of hydrogen-bond acceptors (Lipinski definition) is 6. The third-order valence-electron chi connectivity index (χ3n) is 3.48. The highest BCUT2D eigenvalue weighted by Crippen LogP contribution is 2.40. The zero-order chi connectivity index (χ0) is 17.5. The molecule has 0 spiro atoms. The molecule has 1 aliphatic heterocycles. The summed E-state index contributed by atoms with van der Waals surface area (Å²) in [5, 5.41) is 19.9. The lowest BCUT2D eigenvalue weighted by molar-refractivity contribution is 0.475. The van der Waals surface area contributed by atoms with Crippen LogP contribution >= 0.6 is 47.1 Å². The Bertz CT molecular complexity index is 626. The molecular formula is C16H21Cl2N3OS2. The summed E-state index contributed by atoms with van der Waals surface area (Å²) in [6.45, 7) is 5.30. The van der Waals surface area contributed by atoms with Gasteiger partial charge in [-0.2, -0.15) is 3.71 Å². The predicted molar refractivity (Wildman–Crippen MR) is 106 cm³/mol. The van der Waals surface area contributed by atoms with Gasteiger partial charge >= 0.3 is 0 Å². The highest BCUT2D eigenvalue weighted by molar-refractivity contribution is 8.14. The quantitative estimate of drug-likeness (QED) is 0.366. The van der Waals surface area contributed by atoms with Crippen molar-refractivity contribution in [3.8, 4) is 5.75 Å². The van der Waals surface area contributed by atoms with Gasteiger partial charge in [-0.05, 0) is 36.9 Å². The largest absolute Gasteiger partial charge is 0.506 e. The molecule has 0 saturated carbocycles. The molecule has 1 atom stereocenters. The van der Waals surface area contributed by atoms with Gasteiger partial charge in [0.1, 0.15) is 16.5 Å². The van der Waals surface area contributed by atoms with Crippen molar-refractivity contribution in [2.45, 2.75) is 44.8 Å². The molecule has 0 aliphatic carbocycles. The summed E-state index contributed by atoms with van der Waals surface area (Å²) in [5.41, 5.74) is 0.446. The Balaban J connectivity index is 1.90. The molecule has 24 heavy (non-hydrogen) atoms. The number of nitrogens with zero attached hydrogens (tertiary/aromatic N) is 3. The van der Waals surface area contributed by atoms with E-state index < -0.39 is 0 Å². The number of azo groups is 1. The molecule has 0 saturated heterocycles. The van der Waals surface area contributed by atoms with E-state index in [-0.39, 0.29) is 10.8 Å². The van der Waals surface area contributed by atoms with E-state index in [0.29, 0.717) is 16.0 Å². The summed E-state index contributed by atoms with van der Waals surface area (Å²) in [7, 11) is 0. The Morgan fingerprint density at radius 3 is 2.79 bits per heavy atom. The van der Waals surface area contributed by atoms with Gasteiger partial charge in [-0.15, -0.1) is 10.2 Å². The van der Waals surface area contributed by atoms with Crippen LogP contribution in [-0.2, 0) is 0 Å². The summed E-state index contributed by atoms with van der Waals surface area (Å²) in [5.74, 6) is -0.0599. The lowest BCUT2D eigenvalue weighted by Gasteiger charge is -2.20. The Hall–Kier alpha value is -0.400. The second-order valence-corrected chi connectivity index (χ2v) is 8.79. The Morgan fingerprint density at radius 1 is 1.29 bits per heavy atom. The SMILES string of the molecule is CCCCC(CC)SN1CC=C(/N=N/c2cc(Cl)c(O)cc2Cl)S1. The van der Waals surface area contributed by atoms with Crippen LogP contribution in [0.1, 0.15) is 39.5 Å². The lowest BCUT2D eigenvalue weighted by Crippen LogP contribution is -2.10. The fourth-order valence-corrected chi connectivity index (χ4v) is 4.71. The number of benzene rings is 1. The summed E-state index contributed by atoms with van der Waals surface area (Å²) in [6.07, 6.45) is 6.96. The van der Waals surface area contributed by atoms with Gasteiger partial charge in [-0.3, -0.25) is 0 Å². The summed E-state index contributed by atoms with van der Waals surface area (Å²) < 4.78 is 2.24. The first-order chi connectivity index (χ1) is 11.5. The van der Waals surface area contributed by atoms with Crippen LogP contribution in [0.2, 0.25) is 10.0 Å². The van der Waals surface area contributed by atoms with Gasteiger partial charge in [-0.25, -0.2) is 0 Å². The number of halogens is 2. The minimum absolute atomic E-state index is 0.0599. The number of aromatic hydroxyl groups is 1. The minimum Gasteiger partial charge on any atom is -0.506 e. The molecule has 1 heterocycles. The third-order valence-corrected chi connectivity index (χ3v) is 6.61. The molecule has 0 bridgehead atoms. The van der Waals surface area contributed by atoms with Crippen molar-refractivity contribution in [2.24, 2.45) is 10.2 Å². The molecule has 1 unspecified atom stereocenters. The van der Waals surface area contributed by atoms with Crippen molar-refractivity contribution >= 4 is 52.8 Å². The topological polar surface area (TPSA) is 48.2 Å². The predicted octanol–water partition coefficient (Wildman–Crippen LogP) is 7.20. The van der Waals surface area contributed by atoms with Gasteiger partial charge in [0.05, 0.1) is 10.0 Å². The molecule has 1 aliphatic rings. The highest BCUT2D eigenvalue weighted by Gasteiger charge is 2.20. The summed E-state index contributed by atoms with van der Waals surface area (Å²) >= 11 is 15.4. The average molecular weight is 406 g/mol. The molecular weight excluding hydrogens is 385 g/mol. The Morgan fingerprint density at radius 2 is 2.08 bits per heavy atom. The number of rotatable bonds is 8. The third kappa shape index (κ3) is 5.85. The first-order valence-electron chi connectivity index (χ1n) is 7.95. The molecule has 132 valence electrons. The normalized spacial score (nSPS) is 16.8. The van der Waals surface area contributed by atoms with Crippen LogP contribution in [0.5, 0.6) is 5.75 Å². The standard InChI is InChI=1S/C16H21Cl2N3OS2/c1-3-5-6-11(4-2)23-21-8-7-16(24-21)20-19-14-9-13(18)15(22)10-12(14)17/h7,9-11,22H,3-6,8H2,1-2H3/b20-19+. The van der Waals surface area contributed by atoms with E-state index in [2.05, 4.69) is 27.8 Å². The smallest absolute Gasteiger partial charge is 0.135 e. The Labute approximate surface area is 162 Å². The van der Waals surface area contributed by atoms with E-state index in [0.717, 1.165) is 11.6 Å². The van der Waals surface area contributed by atoms with Crippen molar-refractivity contribution in [1.29, 1.82) is 0 Å². The van der Waals surface area contributed by atoms with Crippen LogP contribution in [0, 0.1) is 0 Å². The second kappa shape index (κ2) is 9.92. The highest BCUT2D eigenvalue weighted by atomic mass is 35.5. The maximum absolute atomic E-state index is 9.49.